The highest BCUT2D eigenvalue weighted by atomic mass is 16.4. The molecule has 0 aromatic rings. The van der Waals surface area contributed by atoms with Crippen molar-refractivity contribution < 1.29 is 9.90 Å². The van der Waals surface area contributed by atoms with Crippen LogP contribution in [0.25, 0.3) is 0 Å². The van der Waals surface area contributed by atoms with Gasteiger partial charge in [0.25, 0.3) is 0 Å². The summed E-state index contributed by atoms with van der Waals surface area (Å²) in [5.74, 6) is -0.487. The number of carboxylic acids is 1. The first-order chi connectivity index (χ1) is 4.77. The number of carbonyl (C=O) groups is 1. The van der Waals surface area contributed by atoms with Gasteiger partial charge in [0.1, 0.15) is 6.04 Å². The van der Waals surface area contributed by atoms with Crippen LogP contribution in [0.3, 0.4) is 0 Å². The largest absolute Gasteiger partial charge is 0.480 e. The third kappa shape index (κ3) is 0.671. The molecule has 0 aromatic heterocycles. The first-order valence-corrected chi connectivity index (χ1v) is 3.44. The lowest BCUT2D eigenvalue weighted by molar-refractivity contribution is -0.139. The molecule has 1 heterocycles. The summed E-state index contributed by atoms with van der Waals surface area (Å²) in [6.45, 7) is 0. The molecule has 2 N–H and O–H groups in total. The molecular formula is C7H9NO2. The minimum absolute atomic E-state index is 0.238. The van der Waals surface area contributed by atoms with E-state index >= 15 is 0 Å². The van der Waals surface area contributed by atoms with E-state index in [9.17, 15) is 4.79 Å². The Hall–Kier alpha value is -0.830. The Bertz CT molecular complexity index is 200. The van der Waals surface area contributed by atoms with Crippen LogP contribution in [0.5, 0.6) is 0 Å². The smallest absolute Gasteiger partial charge is 0.321 e. The lowest BCUT2D eigenvalue weighted by atomic mass is 10.0. The van der Waals surface area contributed by atoms with Crippen LogP contribution in [0.15, 0.2) is 12.2 Å². The fourth-order valence-electron chi connectivity index (χ4n) is 1.71. The maximum atomic E-state index is 10.5. The van der Waals surface area contributed by atoms with Gasteiger partial charge in [-0.15, -0.1) is 0 Å². The molecule has 10 heavy (non-hydrogen) atoms. The Morgan fingerprint density at radius 2 is 2.40 bits per heavy atom. The number of hydrogen-bond donors (Lipinski definition) is 2. The molecule has 1 saturated heterocycles. The van der Waals surface area contributed by atoms with E-state index in [2.05, 4.69) is 5.32 Å². The standard InChI is InChI=1S/C7H9NO2/c9-7(10)6-4-1-2-5(3-4)8-6/h1-2,4-6,8H,3H2,(H,9,10). The maximum Gasteiger partial charge on any atom is 0.321 e. The minimum atomic E-state index is -0.725. The third-order valence-corrected chi connectivity index (χ3v) is 2.20. The van der Waals surface area contributed by atoms with Gasteiger partial charge in [0.2, 0.25) is 0 Å². The summed E-state index contributed by atoms with van der Waals surface area (Å²) in [5.41, 5.74) is 0. The summed E-state index contributed by atoms with van der Waals surface area (Å²) in [7, 11) is 0. The molecule has 1 fully saturated rings. The van der Waals surface area contributed by atoms with E-state index < -0.39 is 5.97 Å². The number of fused-ring (bicyclic) bond motifs is 2. The Morgan fingerprint density at radius 3 is 2.70 bits per heavy atom. The quantitative estimate of drug-likeness (QED) is 0.502. The van der Waals surface area contributed by atoms with Crippen molar-refractivity contribution in [1.82, 2.24) is 5.32 Å². The van der Waals surface area contributed by atoms with Gasteiger partial charge in [-0.2, -0.15) is 0 Å². The third-order valence-electron chi connectivity index (χ3n) is 2.20. The van der Waals surface area contributed by atoms with Crippen molar-refractivity contribution in [3.8, 4) is 0 Å². The molecule has 2 aliphatic rings. The molecule has 54 valence electrons. The second-order valence-electron chi connectivity index (χ2n) is 2.87. The predicted molar refractivity (Wildman–Crippen MR) is 35.6 cm³/mol. The Morgan fingerprint density at radius 1 is 1.60 bits per heavy atom. The van der Waals surface area contributed by atoms with Gasteiger partial charge in [0.05, 0.1) is 0 Å². The highest BCUT2D eigenvalue weighted by Gasteiger charge is 2.39. The van der Waals surface area contributed by atoms with Gasteiger partial charge in [-0.1, -0.05) is 12.2 Å². The van der Waals surface area contributed by atoms with Crippen molar-refractivity contribution in [2.45, 2.75) is 18.5 Å². The number of aliphatic carboxylic acids is 1. The van der Waals surface area contributed by atoms with E-state index in [1.807, 2.05) is 12.2 Å². The van der Waals surface area contributed by atoms with E-state index in [0.717, 1.165) is 6.42 Å². The molecule has 2 rings (SSSR count). The summed E-state index contributed by atoms with van der Waals surface area (Å²) in [4.78, 5) is 10.5. The van der Waals surface area contributed by atoms with Crippen LogP contribution in [0.1, 0.15) is 6.42 Å². The summed E-state index contributed by atoms with van der Waals surface area (Å²) in [6.07, 6.45) is 5.01. The van der Waals surface area contributed by atoms with Crippen LogP contribution in [0, 0.1) is 5.92 Å². The molecule has 0 saturated carbocycles. The molecule has 1 aliphatic heterocycles. The van der Waals surface area contributed by atoms with Crippen LogP contribution < -0.4 is 5.32 Å². The first kappa shape index (κ1) is 5.92. The van der Waals surface area contributed by atoms with Crippen molar-refractivity contribution >= 4 is 5.97 Å². The lowest BCUT2D eigenvalue weighted by Gasteiger charge is -2.13. The highest BCUT2D eigenvalue weighted by Crippen LogP contribution is 2.28. The fourth-order valence-corrected chi connectivity index (χ4v) is 1.71. The van der Waals surface area contributed by atoms with Gasteiger partial charge in [-0.05, 0) is 6.42 Å². The molecular weight excluding hydrogens is 130 g/mol. The zero-order valence-electron chi connectivity index (χ0n) is 5.45. The normalized spacial score (nSPS) is 42.6. The summed E-state index contributed by atoms with van der Waals surface area (Å²) in [5, 5.41) is 11.6. The van der Waals surface area contributed by atoms with Crippen molar-refractivity contribution in [1.29, 1.82) is 0 Å². The minimum Gasteiger partial charge on any atom is -0.480 e. The van der Waals surface area contributed by atoms with Crippen LogP contribution in [0.2, 0.25) is 0 Å². The fraction of sp³-hybridized carbons (Fsp3) is 0.571. The summed E-state index contributed by atoms with van der Waals surface area (Å²) >= 11 is 0. The molecule has 0 radical (unpaired) electrons. The van der Waals surface area contributed by atoms with E-state index in [-0.39, 0.29) is 12.0 Å². The molecule has 3 unspecified atom stereocenters. The Balaban J connectivity index is 2.16. The van der Waals surface area contributed by atoms with Crippen molar-refractivity contribution in [3.05, 3.63) is 12.2 Å². The number of hydrogen-bond acceptors (Lipinski definition) is 2. The lowest BCUT2D eigenvalue weighted by Crippen LogP contribution is -2.39. The second kappa shape index (κ2) is 1.83. The van der Waals surface area contributed by atoms with Gasteiger partial charge in [-0.3, -0.25) is 10.1 Å². The maximum absolute atomic E-state index is 10.5. The van der Waals surface area contributed by atoms with E-state index in [0.29, 0.717) is 6.04 Å². The van der Waals surface area contributed by atoms with Crippen LogP contribution in [0.4, 0.5) is 0 Å². The second-order valence-corrected chi connectivity index (χ2v) is 2.87. The molecule has 1 aliphatic carbocycles. The molecule has 2 bridgehead atoms. The molecule has 0 amide bonds. The van der Waals surface area contributed by atoms with E-state index in [4.69, 9.17) is 5.11 Å². The van der Waals surface area contributed by atoms with Crippen LogP contribution >= 0.6 is 0 Å². The van der Waals surface area contributed by atoms with E-state index in [1.165, 1.54) is 0 Å². The Labute approximate surface area is 58.7 Å². The van der Waals surface area contributed by atoms with Gasteiger partial charge < -0.3 is 5.11 Å². The molecule has 3 nitrogen and oxygen atoms in total. The van der Waals surface area contributed by atoms with Crippen molar-refractivity contribution in [3.63, 3.8) is 0 Å². The van der Waals surface area contributed by atoms with Gasteiger partial charge in [-0.25, -0.2) is 0 Å². The first-order valence-electron chi connectivity index (χ1n) is 3.44. The zero-order valence-corrected chi connectivity index (χ0v) is 5.45. The van der Waals surface area contributed by atoms with Crippen LogP contribution in [-0.4, -0.2) is 23.2 Å². The van der Waals surface area contributed by atoms with E-state index in [1.54, 1.807) is 0 Å². The van der Waals surface area contributed by atoms with Gasteiger partial charge in [0.15, 0.2) is 0 Å². The molecule has 0 spiro atoms. The van der Waals surface area contributed by atoms with Gasteiger partial charge in [0, 0.05) is 12.0 Å². The zero-order chi connectivity index (χ0) is 7.14. The van der Waals surface area contributed by atoms with Crippen molar-refractivity contribution in [2.75, 3.05) is 0 Å². The molecule has 3 atom stereocenters. The molecule has 0 aromatic carbocycles. The average Bonchev–Trinajstić information content (AvgIpc) is 2.44. The predicted octanol–water partition coefficient (Wildman–Crippen LogP) is -0.0125. The Kier molecular flexibility index (Phi) is 1.08. The summed E-state index contributed by atoms with van der Waals surface area (Å²) in [6, 6.07) is 0.00102. The number of nitrogens with one attached hydrogen (secondary N) is 1. The summed E-state index contributed by atoms with van der Waals surface area (Å²) < 4.78 is 0. The average molecular weight is 139 g/mol. The molecule has 3 heteroatoms. The number of rotatable bonds is 1. The highest BCUT2D eigenvalue weighted by molar-refractivity contribution is 5.75. The van der Waals surface area contributed by atoms with Crippen molar-refractivity contribution in [2.24, 2.45) is 5.92 Å². The van der Waals surface area contributed by atoms with Gasteiger partial charge >= 0.3 is 5.97 Å². The van der Waals surface area contributed by atoms with Crippen LogP contribution in [-0.2, 0) is 4.79 Å². The monoisotopic (exact) mass is 139 g/mol. The topological polar surface area (TPSA) is 49.3 Å². The SMILES string of the molecule is O=C(O)C1NC2C=CC1C2. The number of carboxylic acid groups (broad SMARTS) is 1.